The quantitative estimate of drug-likeness (QED) is 0.476. The molecule has 0 radical (unpaired) electrons. The molecule has 0 saturated carbocycles. The first kappa shape index (κ1) is 19.6. The first-order valence-corrected chi connectivity index (χ1v) is 10.1. The van der Waals surface area contributed by atoms with Crippen LogP contribution in [0.25, 0.3) is 16.6 Å². The molecule has 1 aromatic carbocycles. The zero-order valence-electron chi connectivity index (χ0n) is 16.0. The molecule has 0 unspecified atom stereocenters. The number of carbonyl (C=O) groups excluding carboxylic acids is 2. The van der Waals surface area contributed by atoms with Crippen molar-refractivity contribution >= 4 is 28.8 Å². The molecule has 1 amide bonds. The number of carbonyl (C=O) groups is 2. The molecule has 1 saturated heterocycles. The van der Waals surface area contributed by atoms with E-state index in [2.05, 4.69) is 5.32 Å². The summed E-state index contributed by atoms with van der Waals surface area (Å²) < 4.78 is 7.11. The highest BCUT2D eigenvalue weighted by molar-refractivity contribution is 6.43. The number of ketones is 1. The molecule has 1 aliphatic heterocycles. The Balaban J connectivity index is 1.56. The molecular weight excluding hydrogens is 390 g/mol. The van der Waals surface area contributed by atoms with Crippen molar-refractivity contribution in [3.63, 3.8) is 0 Å². The summed E-state index contributed by atoms with van der Waals surface area (Å²) in [5, 5.41) is 3.41. The third-order valence-electron chi connectivity index (χ3n) is 5.22. The van der Waals surface area contributed by atoms with Gasteiger partial charge >= 0.3 is 0 Å². The van der Waals surface area contributed by atoms with Gasteiger partial charge in [-0.15, -0.1) is 0 Å². The van der Waals surface area contributed by atoms with Crippen LogP contribution in [0.1, 0.15) is 10.5 Å². The first-order valence-electron chi connectivity index (χ1n) is 9.73. The number of fused-ring (bicyclic) bond motifs is 1. The van der Waals surface area contributed by atoms with Gasteiger partial charge < -0.3 is 19.4 Å². The van der Waals surface area contributed by atoms with Crippen molar-refractivity contribution in [1.82, 2.24) is 9.72 Å². The number of morpholine rings is 1. The van der Waals surface area contributed by atoms with Crippen LogP contribution >= 0.6 is 11.6 Å². The van der Waals surface area contributed by atoms with E-state index in [4.69, 9.17) is 16.3 Å². The fourth-order valence-electron chi connectivity index (χ4n) is 3.66. The maximum atomic E-state index is 13.1. The van der Waals surface area contributed by atoms with Gasteiger partial charge in [0.25, 0.3) is 11.7 Å². The number of hydrogen-bond acceptors (Lipinski definition) is 3. The van der Waals surface area contributed by atoms with Crippen LogP contribution in [0.5, 0.6) is 0 Å². The molecule has 3 aromatic rings. The number of ether oxygens (including phenoxy) is 1. The van der Waals surface area contributed by atoms with Crippen molar-refractivity contribution in [2.45, 2.75) is 0 Å². The second-order valence-corrected chi connectivity index (χ2v) is 7.54. The Morgan fingerprint density at radius 1 is 1.10 bits per heavy atom. The highest BCUT2D eigenvalue weighted by Crippen LogP contribution is 2.29. The monoisotopic (exact) mass is 412 g/mol. The topological polar surface area (TPSA) is 64.2 Å². The number of nitrogens with one attached hydrogen (secondary N) is 2. The van der Waals surface area contributed by atoms with Gasteiger partial charge in [-0.25, -0.2) is 0 Å². The molecule has 7 heteroatoms. The van der Waals surface area contributed by atoms with Crippen molar-refractivity contribution in [3.05, 3.63) is 65.4 Å². The second-order valence-electron chi connectivity index (χ2n) is 7.11. The van der Waals surface area contributed by atoms with Crippen LogP contribution in [-0.2, 0) is 9.53 Å². The number of pyridine rings is 1. The molecule has 0 atom stereocenters. The predicted octanol–water partition coefficient (Wildman–Crippen LogP) is 1.47. The lowest BCUT2D eigenvalue weighted by atomic mass is 10.0. The minimum atomic E-state index is -0.586. The lowest BCUT2D eigenvalue weighted by Crippen LogP contribution is -3.14. The number of aromatic nitrogens is 1. The molecule has 2 aromatic heterocycles. The summed E-state index contributed by atoms with van der Waals surface area (Å²) in [5.74, 6) is -1.13. The van der Waals surface area contributed by atoms with E-state index in [-0.39, 0.29) is 0 Å². The highest BCUT2D eigenvalue weighted by Gasteiger charge is 2.25. The van der Waals surface area contributed by atoms with Gasteiger partial charge in [-0.1, -0.05) is 29.8 Å². The number of rotatable bonds is 6. The van der Waals surface area contributed by atoms with Gasteiger partial charge in [0.1, 0.15) is 18.8 Å². The number of amides is 1. The molecule has 4 rings (SSSR count). The van der Waals surface area contributed by atoms with E-state index in [9.17, 15) is 9.59 Å². The molecule has 0 spiro atoms. The summed E-state index contributed by atoms with van der Waals surface area (Å²) >= 11 is 6.01. The number of benzene rings is 1. The molecule has 2 N–H and O–H groups in total. The minimum Gasteiger partial charge on any atom is -0.370 e. The summed E-state index contributed by atoms with van der Waals surface area (Å²) in [6.07, 6.45) is 1.80. The number of nitrogens with zero attached hydrogens (tertiary/aromatic N) is 1. The first-order chi connectivity index (χ1) is 14.1. The predicted molar refractivity (Wildman–Crippen MR) is 112 cm³/mol. The average Bonchev–Trinajstić information content (AvgIpc) is 3.14. The fourth-order valence-corrected chi connectivity index (χ4v) is 3.78. The zero-order chi connectivity index (χ0) is 20.2. The maximum absolute atomic E-state index is 13.1. The van der Waals surface area contributed by atoms with Crippen LogP contribution in [0.15, 0.2) is 54.7 Å². The molecule has 1 aliphatic rings. The molecule has 1 fully saturated rings. The SMILES string of the molecule is O=C(NCC[NH+]1CCOCC1)C(=O)c1c(-c2ccc(Cl)cc2)cc2ccccn12. The zero-order valence-corrected chi connectivity index (χ0v) is 16.7. The smallest absolute Gasteiger partial charge is 0.294 e. The van der Waals surface area contributed by atoms with Gasteiger partial charge in [0.2, 0.25) is 0 Å². The Bertz CT molecular complexity index is 1020. The van der Waals surface area contributed by atoms with Gasteiger partial charge in [0.15, 0.2) is 0 Å². The summed E-state index contributed by atoms with van der Waals surface area (Å²) in [6, 6.07) is 14.8. The highest BCUT2D eigenvalue weighted by atomic mass is 35.5. The Hall–Kier alpha value is -2.67. The molecule has 0 bridgehead atoms. The number of hydrogen-bond donors (Lipinski definition) is 2. The van der Waals surface area contributed by atoms with E-state index in [0.29, 0.717) is 22.8 Å². The van der Waals surface area contributed by atoms with E-state index in [0.717, 1.165) is 43.9 Å². The Morgan fingerprint density at radius 2 is 1.86 bits per heavy atom. The Morgan fingerprint density at radius 3 is 2.62 bits per heavy atom. The molecule has 3 heterocycles. The van der Waals surface area contributed by atoms with Crippen molar-refractivity contribution in [3.8, 4) is 11.1 Å². The van der Waals surface area contributed by atoms with Crippen molar-refractivity contribution < 1.29 is 19.2 Å². The van der Waals surface area contributed by atoms with Crippen LogP contribution in [0, 0.1) is 0 Å². The number of quaternary nitrogens is 1. The number of Topliss-reactive ketones (excluding diaryl/α,β-unsaturated/α-hetero) is 1. The van der Waals surface area contributed by atoms with Crippen molar-refractivity contribution in [2.75, 3.05) is 39.4 Å². The summed E-state index contributed by atoms with van der Waals surface area (Å²) in [6.45, 7) is 4.56. The van der Waals surface area contributed by atoms with Crippen LogP contribution in [0.3, 0.4) is 0 Å². The molecular formula is C22H23ClN3O3+. The van der Waals surface area contributed by atoms with Crippen molar-refractivity contribution in [2.24, 2.45) is 0 Å². The van der Waals surface area contributed by atoms with E-state index >= 15 is 0 Å². The second kappa shape index (κ2) is 8.78. The number of halogens is 1. The van der Waals surface area contributed by atoms with Crippen LogP contribution in [0.4, 0.5) is 0 Å². The standard InChI is InChI=1S/C22H22ClN3O3/c23-17-6-4-16(5-7-17)19-15-18-3-1-2-9-26(18)20(19)21(27)22(28)24-8-10-25-11-13-29-14-12-25/h1-7,9,15H,8,10-14H2,(H,24,28)/p+1. The Labute approximate surface area is 174 Å². The Kier molecular flexibility index (Phi) is 5.94. The third kappa shape index (κ3) is 4.34. The lowest BCUT2D eigenvalue weighted by Gasteiger charge is -2.23. The fraction of sp³-hybridized carbons (Fsp3) is 0.273. The minimum absolute atomic E-state index is 0.360. The average molecular weight is 413 g/mol. The van der Waals surface area contributed by atoms with Gasteiger partial charge in [-0.3, -0.25) is 9.59 Å². The van der Waals surface area contributed by atoms with Crippen LogP contribution in [0.2, 0.25) is 5.02 Å². The molecule has 29 heavy (non-hydrogen) atoms. The summed E-state index contributed by atoms with van der Waals surface area (Å²) in [4.78, 5) is 27.1. The molecule has 6 nitrogen and oxygen atoms in total. The normalized spacial score (nSPS) is 14.8. The lowest BCUT2D eigenvalue weighted by molar-refractivity contribution is -0.906. The molecule has 0 aliphatic carbocycles. The van der Waals surface area contributed by atoms with E-state index in [1.54, 1.807) is 22.7 Å². The third-order valence-corrected chi connectivity index (χ3v) is 5.47. The maximum Gasteiger partial charge on any atom is 0.294 e. The van der Waals surface area contributed by atoms with Crippen LogP contribution < -0.4 is 10.2 Å². The molecule has 150 valence electrons. The van der Waals surface area contributed by atoms with Crippen molar-refractivity contribution in [1.29, 1.82) is 0 Å². The van der Waals surface area contributed by atoms with Gasteiger partial charge in [-0.05, 0) is 35.9 Å². The summed E-state index contributed by atoms with van der Waals surface area (Å²) in [5.41, 5.74) is 2.77. The van der Waals surface area contributed by atoms with Gasteiger partial charge in [0, 0.05) is 22.3 Å². The van der Waals surface area contributed by atoms with E-state index in [1.807, 2.05) is 36.4 Å². The largest absolute Gasteiger partial charge is 0.370 e. The van der Waals surface area contributed by atoms with Gasteiger partial charge in [0.05, 0.1) is 26.3 Å². The summed E-state index contributed by atoms with van der Waals surface area (Å²) in [7, 11) is 0. The van der Waals surface area contributed by atoms with Gasteiger partial charge in [-0.2, -0.15) is 0 Å². The van der Waals surface area contributed by atoms with E-state index < -0.39 is 11.7 Å². The van der Waals surface area contributed by atoms with E-state index in [1.165, 1.54) is 4.90 Å². The van der Waals surface area contributed by atoms with Crippen LogP contribution in [-0.4, -0.2) is 55.5 Å².